The molecule has 0 aromatic rings. The van der Waals surface area contributed by atoms with Crippen LogP contribution in [0.25, 0.3) is 0 Å². The van der Waals surface area contributed by atoms with Gasteiger partial charge >= 0.3 is 0 Å². The van der Waals surface area contributed by atoms with Gasteiger partial charge in [0.2, 0.25) is 5.91 Å². The number of hydrogen-bond donors (Lipinski definition) is 3. The van der Waals surface area contributed by atoms with Crippen molar-refractivity contribution >= 4 is 17.6 Å². The van der Waals surface area contributed by atoms with Crippen LogP contribution in [0.1, 0.15) is 39.5 Å². The summed E-state index contributed by atoms with van der Waals surface area (Å²) in [7, 11) is 0. The van der Waals surface area contributed by atoms with E-state index in [1.165, 1.54) is 12.2 Å². The zero-order chi connectivity index (χ0) is 25.2. The monoisotopic (exact) mass is 476 g/mol. The van der Waals surface area contributed by atoms with Gasteiger partial charge in [-0.1, -0.05) is 81.0 Å². The summed E-state index contributed by atoms with van der Waals surface area (Å²) in [4.78, 5) is 36.8. The Morgan fingerprint density at radius 3 is 2.37 bits per heavy atom. The Bertz CT molecular complexity index is 1010. The zero-order valence-corrected chi connectivity index (χ0v) is 20.5. The fraction of sp³-hybridized carbons (Fsp3) is 0.414. The molecule has 1 saturated heterocycles. The Labute approximate surface area is 207 Å². The summed E-state index contributed by atoms with van der Waals surface area (Å²) in [5.74, 6) is 0.579. The van der Waals surface area contributed by atoms with Crippen molar-refractivity contribution in [3.8, 4) is 0 Å². The van der Waals surface area contributed by atoms with Gasteiger partial charge in [0.05, 0.1) is 6.04 Å². The average molecular weight is 477 g/mol. The smallest absolute Gasteiger partial charge is 0.259 e. The number of aliphatic hydroxyl groups excluding tert-OH is 1. The van der Waals surface area contributed by atoms with E-state index in [0.717, 1.165) is 12.8 Å². The quantitative estimate of drug-likeness (QED) is 0.489. The molecule has 2 aliphatic heterocycles. The Kier molecular flexibility index (Phi) is 9.65. The third-order valence-electron chi connectivity index (χ3n) is 7.12. The lowest BCUT2D eigenvalue weighted by Gasteiger charge is -2.18. The minimum Gasteiger partial charge on any atom is -0.507 e. The van der Waals surface area contributed by atoms with Crippen molar-refractivity contribution in [2.24, 2.45) is 23.7 Å². The van der Waals surface area contributed by atoms with Crippen LogP contribution in [0.5, 0.6) is 0 Å². The lowest BCUT2D eigenvalue weighted by atomic mass is 9.87. The lowest BCUT2D eigenvalue weighted by molar-refractivity contribution is -0.118. The van der Waals surface area contributed by atoms with Gasteiger partial charge in [0, 0.05) is 12.6 Å². The topological polar surface area (TPSA) is 95.5 Å². The van der Waals surface area contributed by atoms with Gasteiger partial charge < -0.3 is 15.7 Å². The molecule has 2 fully saturated rings. The van der Waals surface area contributed by atoms with E-state index in [0.29, 0.717) is 43.1 Å². The van der Waals surface area contributed by atoms with Crippen LogP contribution in [-0.2, 0) is 14.4 Å². The van der Waals surface area contributed by atoms with E-state index in [4.69, 9.17) is 0 Å². The largest absolute Gasteiger partial charge is 0.507 e. The molecule has 0 aromatic carbocycles. The third-order valence-corrected chi connectivity index (χ3v) is 7.12. The van der Waals surface area contributed by atoms with Crippen molar-refractivity contribution in [3.05, 3.63) is 84.2 Å². The molecule has 186 valence electrons. The maximum Gasteiger partial charge on any atom is 0.259 e. The third kappa shape index (κ3) is 7.04. The van der Waals surface area contributed by atoms with E-state index in [9.17, 15) is 19.5 Å². The number of nitrogens with one attached hydrogen (secondary N) is 2. The number of ketones is 1. The molecular weight excluding hydrogens is 440 g/mol. The fourth-order valence-corrected chi connectivity index (χ4v) is 5.12. The summed E-state index contributed by atoms with van der Waals surface area (Å²) in [5, 5.41) is 15.7. The second kappa shape index (κ2) is 12.9. The van der Waals surface area contributed by atoms with Gasteiger partial charge in [0.1, 0.15) is 11.3 Å². The Morgan fingerprint density at radius 2 is 1.63 bits per heavy atom. The number of fused-ring (bicyclic) bond motifs is 3. The molecule has 2 heterocycles. The van der Waals surface area contributed by atoms with Crippen LogP contribution in [0.4, 0.5) is 0 Å². The number of hydrogen-bond acceptors (Lipinski definition) is 4. The molecule has 0 spiro atoms. The molecule has 2 bridgehead atoms. The van der Waals surface area contributed by atoms with Gasteiger partial charge in [-0.3, -0.25) is 14.4 Å². The summed E-state index contributed by atoms with van der Waals surface area (Å²) in [6.07, 6.45) is 25.4. The highest BCUT2D eigenvalue weighted by Crippen LogP contribution is 2.44. The Balaban J connectivity index is 1.80. The summed E-state index contributed by atoms with van der Waals surface area (Å²) < 4.78 is 0. The molecule has 0 unspecified atom stereocenters. The molecule has 2 amide bonds. The predicted octanol–water partition coefficient (Wildman–Crippen LogP) is 4.41. The van der Waals surface area contributed by atoms with E-state index in [1.54, 1.807) is 18.2 Å². The van der Waals surface area contributed by atoms with Gasteiger partial charge in [0.15, 0.2) is 5.78 Å². The molecule has 5 atom stereocenters. The molecule has 3 N–H and O–H groups in total. The first kappa shape index (κ1) is 26.2. The number of aliphatic hydroxyl groups is 1. The van der Waals surface area contributed by atoms with Crippen molar-refractivity contribution in [2.45, 2.75) is 45.6 Å². The van der Waals surface area contributed by atoms with E-state index in [2.05, 4.69) is 42.7 Å². The molecule has 35 heavy (non-hydrogen) atoms. The van der Waals surface area contributed by atoms with Crippen LogP contribution < -0.4 is 10.6 Å². The molecule has 6 nitrogen and oxygen atoms in total. The van der Waals surface area contributed by atoms with E-state index < -0.39 is 17.7 Å². The van der Waals surface area contributed by atoms with E-state index >= 15 is 0 Å². The second-order valence-electron chi connectivity index (χ2n) is 9.35. The maximum absolute atomic E-state index is 12.6. The number of Topliss-reactive ketones (excluding diaryl/α,β-unsaturated/α-hetero) is 1. The normalized spacial score (nSPS) is 38.0. The first-order chi connectivity index (χ1) is 16.9. The highest BCUT2D eigenvalue weighted by Gasteiger charge is 2.38. The van der Waals surface area contributed by atoms with Crippen molar-refractivity contribution in [2.75, 3.05) is 6.54 Å². The Hall–Kier alpha value is -3.41. The van der Waals surface area contributed by atoms with Crippen LogP contribution >= 0.6 is 0 Å². The van der Waals surface area contributed by atoms with Crippen LogP contribution in [0.3, 0.4) is 0 Å². The number of allylic oxidation sites excluding steroid dienone is 11. The van der Waals surface area contributed by atoms with Crippen LogP contribution in [0, 0.1) is 23.7 Å². The minimum atomic E-state index is -0.691. The zero-order valence-electron chi connectivity index (χ0n) is 20.5. The fourth-order valence-electron chi connectivity index (χ4n) is 5.12. The summed E-state index contributed by atoms with van der Waals surface area (Å²) in [5.41, 5.74) is -0.215. The molecule has 6 heteroatoms. The average Bonchev–Trinajstić information content (AvgIpc) is 3.29. The number of rotatable bonds is 1. The molecule has 0 radical (unpaired) electrons. The summed E-state index contributed by atoms with van der Waals surface area (Å²) in [6, 6.07) is -0.691. The van der Waals surface area contributed by atoms with Crippen molar-refractivity contribution in [3.63, 3.8) is 0 Å². The number of carbonyl (C=O) groups is 3. The molecule has 1 aliphatic carbocycles. The summed E-state index contributed by atoms with van der Waals surface area (Å²) >= 11 is 0. The van der Waals surface area contributed by atoms with Crippen LogP contribution in [0.15, 0.2) is 84.2 Å². The standard InChI is InChI=1S/C29H36N2O4/c1-3-21-19-22-13-8-4-7-11-17-26(33)30-18-12-15-24-28(34)27(29(35)31-24)25(32)16-10-6-5-9-14-23(22)20(21)2/h4-11,13-14,16-17,20-24,32H,3,12,15,18-19H2,1-2H3,(H,30,33)(H,31,35)/b6-5-,7-4-,13-8-,14-9-,16-10-,17-11-,27-25-/t20-,21+,22-,23+,24+/m1/s1. The molecular formula is C29H36N2O4. The highest BCUT2D eigenvalue weighted by atomic mass is 16.3. The van der Waals surface area contributed by atoms with E-state index in [-0.39, 0.29) is 17.2 Å². The minimum absolute atomic E-state index is 0.213. The molecule has 1 saturated carbocycles. The molecule has 3 rings (SSSR count). The second-order valence-corrected chi connectivity index (χ2v) is 9.35. The predicted molar refractivity (Wildman–Crippen MR) is 138 cm³/mol. The van der Waals surface area contributed by atoms with Crippen LogP contribution in [-0.4, -0.2) is 35.3 Å². The van der Waals surface area contributed by atoms with Crippen molar-refractivity contribution < 1.29 is 19.5 Å². The van der Waals surface area contributed by atoms with E-state index in [1.807, 2.05) is 24.3 Å². The SMILES string of the molecule is CC[C@H]1C[C@H]2\C=C/C=C\C=C/C(=O)NCCC[C@@H]3NC(=O)/C(=C(O)/C=C\C=C/C=C\[C@H]2[C@@H]1C)C3=O. The summed E-state index contributed by atoms with van der Waals surface area (Å²) in [6.45, 7) is 4.94. The lowest BCUT2D eigenvalue weighted by Crippen LogP contribution is -2.30. The first-order valence-corrected chi connectivity index (χ1v) is 12.5. The van der Waals surface area contributed by atoms with Gasteiger partial charge in [0.25, 0.3) is 5.91 Å². The van der Waals surface area contributed by atoms with Gasteiger partial charge in [-0.05, 0) is 49.0 Å². The van der Waals surface area contributed by atoms with Crippen molar-refractivity contribution in [1.82, 2.24) is 10.6 Å². The molecule has 0 aromatic heterocycles. The van der Waals surface area contributed by atoms with Gasteiger partial charge in [-0.2, -0.15) is 0 Å². The van der Waals surface area contributed by atoms with Crippen molar-refractivity contribution in [1.29, 1.82) is 0 Å². The Morgan fingerprint density at radius 1 is 0.943 bits per heavy atom. The van der Waals surface area contributed by atoms with Crippen LogP contribution in [0.2, 0.25) is 0 Å². The maximum atomic E-state index is 12.6. The molecule has 3 aliphatic rings. The van der Waals surface area contributed by atoms with Gasteiger partial charge in [-0.25, -0.2) is 0 Å². The van der Waals surface area contributed by atoms with Gasteiger partial charge in [-0.15, -0.1) is 0 Å². The first-order valence-electron chi connectivity index (χ1n) is 12.5. The number of amides is 2. The number of carbonyl (C=O) groups excluding carboxylic acids is 3. The highest BCUT2D eigenvalue weighted by molar-refractivity contribution is 6.27.